The summed E-state index contributed by atoms with van der Waals surface area (Å²) < 4.78 is 30.9. The van der Waals surface area contributed by atoms with Crippen molar-refractivity contribution in [2.75, 3.05) is 0 Å². The van der Waals surface area contributed by atoms with E-state index in [9.17, 15) is 8.42 Å². The van der Waals surface area contributed by atoms with E-state index in [1.807, 2.05) is 0 Å². The molecule has 0 saturated heterocycles. The van der Waals surface area contributed by atoms with Crippen LogP contribution in [0.4, 0.5) is 0 Å². The second-order valence-electron chi connectivity index (χ2n) is 3.09. The molecular formula is C10H10N2O3S. The van der Waals surface area contributed by atoms with Crippen molar-refractivity contribution in [1.82, 2.24) is 9.71 Å². The van der Waals surface area contributed by atoms with Crippen LogP contribution in [0.2, 0.25) is 0 Å². The lowest BCUT2D eigenvalue weighted by molar-refractivity contribution is 0.498. The summed E-state index contributed by atoms with van der Waals surface area (Å²) >= 11 is 0. The number of hydrogen-bond donors (Lipinski definition) is 1. The first-order valence-electron chi connectivity index (χ1n) is 4.60. The second-order valence-corrected chi connectivity index (χ2v) is 4.86. The van der Waals surface area contributed by atoms with Crippen LogP contribution < -0.4 is 4.72 Å². The molecule has 0 aromatic carbocycles. The minimum Gasteiger partial charge on any atom is -0.468 e. The Morgan fingerprint density at radius 3 is 2.81 bits per heavy atom. The summed E-state index contributed by atoms with van der Waals surface area (Å²) in [5, 5.41) is 0. The van der Waals surface area contributed by atoms with Gasteiger partial charge in [-0.2, -0.15) is 0 Å². The monoisotopic (exact) mass is 238 g/mol. The number of pyridine rings is 1. The van der Waals surface area contributed by atoms with Crippen LogP contribution in [0.5, 0.6) is 0 Å². The van der Waals surface area contributed by atoms with Gasteiger partial charge in [-0.15, -0.1) is 0 Å². The topological polar surface area (TPSA) is 72.2 Å². The Balaban J connectivity index is 2.10. The van der Waals surface area contributed by atoms with E-state index >= 15 is 0 Å². The van der Waals surface area contributed by atoms with Crippen molar-refractivity contribution in [3.05, 3.63) is 48.7 Å². The van der Waals surface area contributed by atoms with E-state index in [4.69, 9.17) is 4.42 Å². The molecule has 1 N–H and O–H groups in total. The number of sulfonamides is 1. The zero-order valence-electron chi connectivity index (χ0n) is 8.33. The van der Waals surface area contributed by atoms with Crippen LogP contribution in [0.25, 0.3) is 0 Å². The third kappa shape index (κ3) is 2.47. The quantitative estimate of drug-likeness (QED) is 0.867. The maximum atomic E-state index is 11.7. The fourth-order valence-electron chi connectivity index (χ4n) is 1.17. The molecule has 0 aliphatic heterocycles. The van der Waals surface area contributed by atoms with Crippen LogP contribution in [0.3, 0.4) is 0 Å². The zero-order valence-corrected chi connectivity index (χ0v) is 9.15. The highest BCUT2D eigenvalue weighted by Crippen LogP contribution is 2.07. The van der Waals surface area contributed by atoms with Crippen LogP contribution in [-0.2, 0) is 16.6 Å². The highest BCUT2D eigenvalue weighted by Gasteiger charge is 2.13. The Labute approximate surface area is 93.2 Å². The highest BCUT2D eigenvalue weighted by molar-refractivity contribution is 7.89. The number of nitrogens with one attached hydrogen (secondary N) is 1. The van der Waals surface area contributed by atoms with E-state index in [1.54, 1.807) is 18.2 Å². The maximum absolute atomic E-state index is 11.7. The largest absolute Gasteiger partial charge is 0.468 e. The van der Waals surface area contributed by atoms with Gasteiger partial charge in [0.1, 0.15) is 10.7 Å². The van der Waals surface area contributed by atoms with Crippen molar-refractivity contribution in [1.29, 1.82) is 0 Å². The van der Waals surface area contributed by atoms with Crippen molar-refractivity contribution < 1.29 is 12.8 Å². The number of aromatic nitrogens is 1. The van der Waals surface area contributed by atoms with Gasteiger partial charge < -0.3 is 4.42 Å². The molecule has 2 aromatic heterocycles. The van der Waals surface area contributed by atoms with Crippen LogP contribution >= 0.6 is 0 Å². The third-order valence-electron chi connectivity index (χ3n) is 1.96. The van der Waals surface area contributed by atoms with Crippen LogP contribution in [0, 0.1) is 0 Å². The lowest BCUT2D eigenvalue weighted by Crippen LogP contribution is -2.23. The molecule has 2 heterocycles. The molecule has 2 rings (SSSR count). The van der Waals surface area contributed by atoms with Gasteiger partial charge in [-0.3, -0.25) is 4.98 Å². The average molecular weight is 238 g/mol. The minimum atomic E-state index is -3.51. The molecule has 0 aliphatic carbocycles. The average Bonchev–Trinajstić information content (AvgIpc) is 2.81. The van der Waals surface area contributed by atoms with E-state index in [2.05, 4.69) is 9.71 Å². The van der Waals surface area contributed by atoms with E-state index in [1.165, 1.54) is 24.7 Å². The first-order valence-corrected chi connectivity index (χ1v) is 6.09. The zero-order chi connectivity index (χ0) is 11.4. The van der Waals surface area contributed by atoms with Crippen molar-refractivity contribution >= 4 is 10.0 Å². The van der Waals surface area contributed by atoms with E-state index in [-0.39, 0.29) is 11.4 Å². The molecule has 0 bridgehead atoms. The summed E-state index contributed by atoms with van der Waals surface area (Å²) in [6.45, 7) is 0.129. The summed E-state index contributed by atoms with van der Waals surface area (Å²) in [5.74, 6) is 0.562. The fraction of sp³-hybridized carbons (Fsp3) is 0.100. The molecule has 6 heteroatoms. The Bertz CT molecular complexity index is 535. The predicted molar refractivity (Wildman–Crippen MR) is 57.0 cm³/mol. The molecule has 0 amide bonds. The molecule has 0 atom stereocenters. The van der Waals surface area contributed by atoms with Gasteiger partial charge in [0, 0.05) is 12.4 Å². The Morgan fingerprint density at radius 2 is 2.19 bits per heavy atom. The van der Waals surface area contributed by atoms with Gasteiger partial charge in [0.25, 0.3) is 0 Å². The molecule has 16 heavy (non-hydrogen) atoms. The molecule has 0 fully saturated rings. The summed E-state index contributed by atoms with van der Waals surface area (Å²) in [5.41, 5.74) is 0. The van der Waals surface area contributed by atoms with Gasteiger partial charge in [-0.1, -0.05) is 0 Å². The number of rotatable bonds is 4. The summed E-state index contributed by atoms with van der Waals surface area (Å²) in [4.78, 5) is 3.89. The van der Waals surface area contributed by atoms with Crippen molar-refractivity contribution in [3.63, 3.8) is 0 Å². The lowest BCUT2D eigenvalue weighted by atomic mass is 10.5. The van der Waals surface area contributed by atoms with Crippen LogP contribution in [-0.4, -0.2) is 13.4 Å². The van der Waals surface area contributed by atoms with Crippen LogP contribution in [0.1, 0.15) is 5.76 Å². The molecule has 0 radical (unpaired) electrons. The van der Waals surface area contributed by atoms with Gasteiger partial charge in [0.15, 0.2) is 0 Å². The Morgan fingerprint density at radius 1 is 1.31 bits per heavy atom. The van der Waals surface area contributed by atoms with E-state index in [0.29, 0.717) is 5.76 Å². The lowest BCUT2D eigenvalue weighted by Gasteiger charge is -2.03. The molecule has 0 spiro atoms. The molecule has 84 valence electrons. The fourth-order valence-corrected chi connectivity index (χ4v) is 2.12. The number of furan rings is 1. The molecule has 2 aromatic rings. The summed E-state index contributed by atoms with van der Waals surface area (Å²) in [6.07, 6.45) is 4.31. The normalized spacial score (nSPS) is 11.5. The molecule has 0 saturated carbocycles. The van der Waals surface area contributed by atoms with Crippen molar-refractivity contribution in [3.8, 4) is 0 Å². The molecular weight excluding hydrogens is 228 g/mol. The third-order valence-corrected chi connectivity index (χ3v) is 3.35. The van der Waals surface area contributed by atoms with E-state index in [0.717, 1.165) is 0 Å². The summed E-state index contributed by atoms with van der Waals surface area (Å²) in [6, 6.07) is 6.46. The van der Waals surface area contributed by atoms with Crippen molar-refractivity contribution in [2.45, 2.75) is 11.4 Å². The molecule has 0 aliphatic rings. The van der Waals surface area contributed by atoms with Crippen LogP contribution in [0.15, 0.2) is 52.2 Å². The predicted octanol–water partition coefficient (Wildman–Crippen LogP) is 1.15. The van der Waals surface area contributed by atoms with Gasteiger partial charge in [-0.05, 0) is 24.3 Å². The second kappa shape index (κ2) is 4.46. The van der Waals surface area contributed by atoms with Gasteiger partial charge >= 0.3 is 0 Å². The smallest absolute Gasteiger partial charge is 0.242 e. The standard InChI is InChI=1S/C10H10N2O3S/c13-16(14,10-4-1-5-11-8-10)12-7-9-3-2-6-15-9/h1-6,8,12H,7H2. The van der Waals surface area contributed by atoms with Gasteiger partial charge in [0.2, 0.25) is 10.0 Å². The van der Waals surface area contributed by atoms with Gasteiger partial charge in [-0.25, -0.2) is 13.1 Å². The van der Waals surface area contributed by atoms with E-state index < -0.39 is 10.0 Å². The first-order chi connectivity index (χ1) is 7.68. The molecule has 0 unspecified atom stereocenters. The summed E-state index contributed by atoms with van der Waals surface area (Å²) in [7, 11) is -3.51. The number of nitrogens with zero attached hydrogens (tertiary/aromatic N) is 1. The first kappa shape index (κ1) is 10.8. The minimum absolute atomic E-state index is 0.129. The maximum Gasteiger partial charge on any atom is 0.242 e. The Hall–Kier alpha value is -1.66. The Kier molecular flexibility index (Phi) is 3.02. The van der Waals surface area contributed by atoms with Crippen molar-refractivity contribution in [2.24, 2.45) is 0 Å². The SMILES string of the molecule is O=S(=O)(NCc1ccco1)c1cccnc1. The number of hydrogen-bond acceptors (Lipinski definition) is 4. The van der Waals surface area contributed by atoms with Gasteiger partial charge in [0.05, 0.1) is 12.8 Å². The molecule has 5 nitrogen and oxygen atoms in total. The highest BCUT2D eigenvalue weighted by atomic mass is 32.2.